The van der Waals surface area contributed by atoms with Crippen LogP contribution in [0.4, 0.5) is 5.69 Å². The van der Waals surface area contributed by atoms with Gasteiger partial charge in [-0.3, -0.25) is 4.79 Å². The summed E-state index contributed by atoms with van der Waals surface area (Å²) >= 11 is 6.12. The van der Waals surface area contributed by atoms with Crippen LogP contribution in [0.3, 0.4) is 0 Å². The molecule has 0 bridgehead atoms. The van der Waals surface area contributed by atoms with Crippen LogP contribution in [0.5, 0.6) is 5.75 Å². The van der Waals surface area contributed by atoms with Gasteiger partial charge in [-0.15, -0.1) is 0 Å². The first-order valence-electron chi connectivity index (χ1n) is 8.30. The predicted molar refractivity (Wildman–Crippen MR) is 95.3 cm³/mol. The van der Waals surface area contributed by atoms with Gasteiger partial charge in [0.25, 0.3) is 0 Å². The van der Waals surface area contributed by atoms with Crippen molar-refractivity contribution in [2.24, 2.45) is 0 Å². The zero-order valence-electron chi connectivity index (χ0n) is 13.7. The van der Waals surface area contributed by atoms with Crippen molar-refractivity contribution in [3.05, 3.63) is 34.9 Å². The molecule has 0 aromatic heterocycles. The molecule has 0 saturated heterocycles. The van der Waals surface area contributed by atoms with Crippen molar-refractivity contribution in [1.82, 2.24) is 5.32 Å². The zero-order valence-corrected chi connectivity index (χ0v) is 14.4. The molecule has 1 aromatic carbocycles. The van der Waals surface area contributed by atoms with Crippen LogP contribution >= 0.6 is 11.6 Å². The predicted octanol–water partition coefficient (Wildman–Crippen LogP) is 4.16. The van der Waals surface area contributed by atoms with Crippen molar-refractivity contribution >= 4 is 23.2 Å². The van der Waals surface area contributed by atoms with Gasteiger partial charge in [0.05, 0.1) is 23.9 Å². The minimum Gasteiger partial charge on any atom is -0.490 e. The Hall–Kier alpha value is -1.68. The monoisotopic (exact) mass is 336 g/mol. The third-order valence-electron chi connectivity index (χ3n) is 3.85. The van der Waals surface area contributed by atoms with Gasteiger partial charge in [-0.1, -0.05) is 29.3 Å². The van der Waals surface area contributed by atoms with Crippen molar-refractivity contribution in [1.29, 1.82) is 0 Å². The molecule has 0 spiro atoms. The number of allylic oxidation sites excluding steroid dienone is 1. The van der Waals surface area contributed by atoms with Gasteiger partial charge in [-0.05, 0) is 51.2 Å². The summed E-state index contributed by atoms with van der Waals surface area (Å²) in [4.78, 5) is 11.9. The quantitative estimate of drug-likeness (QED) is 0.701. The van der Waals surface area contributed by atoms with Gasteiger partial charge in [-0.2, -0.15) is 0 Å². The maximum absolute atomic E-state index is 11.9. The number of para-hydroxylation sites is 1. The number of halogens is 1. The van der Waals surface area contributed by atoms with Crippen molar-refractivity contribution < 1.29 is 9.53 Å². The van der Waals surface area contributed by atoms with E-state index in [0.717, 1.165) is 12.1 Å². The summed E-state index contributed by atoms with van der Waals surface area (Å²) in [5.74, 6) is 0.570. The van der Waals surface area contributed by atoms with Crippen molar-refractivity contribution in [2.75, 3.05) is 25.0 Å². The maximum Gasteiger partial charge on any atom is 0.239 e. The van der Waals surface area contributed by atoms with Crippen LogP contribution in [-0.4, -0.2) is 25.6 Å². The summed E-state index contributed by atoms with van der Waals surface area (Å²) in [6.07, 6.45) is 8.19. The lowest BCUT2D eigenvalue weighted by Crippen LogP contribution is -2.31. The Morgan fingerprint density at radius 2 is 2.22 bits per heavy atom. The molecule has 0 unspecified atom stereocenters. The van der Waals surface area contributed by atoms with Gasteiger partial charge in [0.1, 0.15) is 0 Å². The molecule has 23 heavy (non-hydrogen) atoms. The maximum atomic E-state index is 11.9. The van der Waals surface area contributed by atoms with Crippen LogP contribution < -0.4 is 15.4 Å². The molecule has 0 saturated carbocycles. The van der Waals surface area contributed by atoms with Crippen LogP contribution in [-0.2, 0) is 4.79 Å². The summed E-state index contributed by atoms with van der Waals surface area (Å²) in [5.41, 5.74) is 2.21. The molecule has 0 atom stereocenters. The summed E-state index contributed by atoms with van der Waals surface area (Å²) in [5, 5.41) is 6.58. The number of amides is 1. The number of benzene rings is 1. The lowest BCUT2D eigenvalue weighted by Gasteiger charge is -2.15. The van der Waals surface area contributed by atoms with E-state index in [9.17, 15) is 4.79 Å². The molecular formula is C18H25ClN2O2. The standard InChI is InChI=1S/C18H25ClN2O2/c1-2-23-18-15(19)9-6-10-16(18)21-13-17(22)20-12-11-14-7-4-3-5-8-14/h6-7,9-10,21H,2-5,8,11-13H2,1H3,(H,20,22). The average Bonchev–Trinajstić information content (AvgIpc) is 2.56. The number of nitrogens with one attached hydrogen (secondary N) is 2. The highest BCUT2D eigenvalue weighted by Crippen LogP contribution is 2.32. The molecule has 1 aromatic rings. The number of carbonyl (C=O) groups excluding carboxylic acids is 1. The molecule has 4 nitrogen and oxygen atoms in total. The largest absolute Gasteiger partial charge is 0.490 e. The molecule has 0 aliphatic heterocycles. The van der Waals surface area contributed by atoms with Gasteiger partial charge < -0.3 is 15.4 Å². The number of hydrogen-bond acceptors (Lipinski definition) is 3. The van der Waals surface area contributed by atoms with Crippen molar-refractivity contribution in [3.8, 4) is 5.75 Å². The molecule has 126 valence electrons. The fraction of sp³-hybridized carbons (Fsp3) is 0.500. The molecule has 0 heterocycles. The zero-order chi connectivity index (χ0) is 16.5. The molecule has 1 aliphatic carbocycles. The number of carbonyl (C=O) groups is 1. The molecular weight excluding hydrogens is 312 g/mol. The van der Waals surface area contributed by atoms with E-state index in [2.05, 4.69) is 16.7 Å². The summed E-state index contributed by atoms with van der Waals surface area (Å²) in [6.45, 7) is 3.33. The second kappa shape index (κ2) is 9.46. The minimum atomic E-state index is -0.0242. The van der Waals surface area contributed by atoms with Crippen LogP contribution in [0.1, 0.15) is 39.0 Å². The highest BCUT2D eigenvalue weighted by atomic mass is 35.5. The topological polar surface area (TPSA) is 50.4 Å². The second-order valence-electron chi connectivity index (χ2n) is 5.61. The fourth-order valence-corrected chi connectivity index (χ4v) is 2.90. The number of ether oxygens (including phenoxy) is 1. The van der Waals surface area contributed by atoms with E-state index >= 15 is 0 Å². The molecule has 0 fully saturated rings. The first-order chi connectivity index (χ1) is 11.2. The smallest absolute Gasteiger partial charge is 0.239 e. The molecule has 5 heteroatoms. The first kappa shape index (κ1) is 17.7. The Labute approximate surface area is 143 Å². The normalized spacial score (nSPS) is 14.1. The lowest BCUT2D eigenvalue weighted by molar-refractivity contribution is -0.119. The molecule has 0 radical (unpaired) electrons. The Bertz CT molecular complexity index is 558. The highest BCUT2D eigenvalue weighted by molar-refractivity contribution is 6.32. The Morgan fingerprint density at radius 3 is 2.96 bits per heavy atom. The van der Waals surface area contributed by atoms with Gasteiger partial charge in [0.2, 0.25) is 5.91 Å². The first-order valence-corrected chi connectivity index (χ1v) is 8.68. The third-order valence-corrected chi connectivity index (χ3v) is 4.15. The van der Waals surface area contributed by atoms with Gasteiger partial charge in [0, 0.05) is 6.54 Å². The van der Waals surface area contributed by atoms with Crippen molar-refractivity contribution in [2.45, 2.75) is 39.0 Å². The summed E-state index contributed by atoms with van der Waals surface area (Å²) in [6, 6.07) is 5.47. The average molecular weight is 337 g/mol. The highest BCUT2D eigenvalue weighted by Gasteiger charge is 2.09. The van der Waals surface area contributed by atoms with Crippen LogP contribution in [0.15, 0.2) is 29.8 Å². The van der Waals surface area contributed by atoms with E-state index in [1.54, 1.807) is 6.07 Å². The summed E-state index contributed by atoms with van der Waals surface area (Å²) in [7, 11) is 0. The Morgan fingerprint density at radius 1 is 1.35 bits per heavy atom. The van der Waals surface area contributed by atoms with Crippen molar-refractivity contribution in [3.63, 3.8) is 0 Å². The lowest BCUT2D eigenvalue weighted by atomic mass is 9.97. The van der Waals surface area contributed by atoms with E-state index in [-0.39, 0.29) is 12.5 Å². The number of rotatable bonds is 8. The molecule has 1 aliphatic rings. The van der Waals surface area contributed by atoms with Crippen LogP contribution in [0.25, 0.3) is 0 Å². The SMILES string of the molecule is CCOc1c(Cl)cccc1NCC(=O)NCCC1=CCCCC1. The Kier molecular flexibility index (Phi) is 7.27. The van der Waals surface area contributed by atoms with Crippen LogP contribution in [0, 0.1) is 0 Å². The van der Waals surface area contributed by atoms with E-state index in [4.69, 9.17) is 16.3 Å². The van der Waals surface area contributed by atoms with Crippen LogP contribution in [0.2, 0.25) is 5.02 Å². The Balaban J connectivity index is 1.76. The molecule has 1 amide bonds. The second-order valence-corrected chi connectivity index (χ2v) is 6.02. The molecule has 2 N–H and O–H groups in total. The third kappa shape index (κ3) is 5.79. The van der Waals surface area contributed by atoms with Gasteiger partial charge in [0.15, 0.2) is 5.75 Å². The number of anilines is 1. The van der Waals surface area contributed by atoms with E-state index in [1.165, 1.54) is 31.3 Å². The van der Waals surface area contributed by atoms with E-state index in [0.29, 0.717) is 23.9 Å². The summed E-state index contributed by atoms with van der Waals surface area (Å²) < 4.78 is 5.53. The number of hydrogen-bond donors (Lipinski definition) is 2. The minimum absolute atomic E-state index is 0.0242. The van der Waals surface area contributed by atoms with E-state index in [1.807, 2.05) is 19.1 Å². The van der Waals surface area contributed by atoms with Gasteiger partial charge >= 0.3 is 0 Å². The van der Waals surface area contributed by atoms with E-state index < -0.39 is 0 Å². The fourth-order valence-electron chi connectivity index (χ4n) is 2.67. The van der Waals surface area contributed by atoms with Gasteiger partial charge in [-0.25, -0.2) is 0 Å². The molecule has 2 rings (SSSR count).